The maximum absolute atomic E-state index is 13.0. The van der Waals surface area contributed by atoms with E-state index < -0.39 is 11.9 Å². The number of imide groups is 1. The van der Waals surface area contributed by atoms with Crippen molar-refractivity contribution in [1.82, 2.24) is 20.0 Å². The zero-order valence-corrected chi connectivity index (χ0v) is 24.1. The molecule has 4 aliphatic rings. The third-order valence-electron chi connectivity index (χ3n) is 8.78. The summed E-state index contributed by atoms with van der Waals surface area (Å²) in [4.78, 5) is 43.3. The van der Waals surface area contributed by atoms with Crippen LogP contribution < -0.4 is 14.8 Å². The highest BCUT2D eigenvalue weighted by molar-refractivity contribution is 6.05. The molecule has 0 aliphatic carbocycles. The molecule has 0 saturated carbocycles. The molecule has 3 amide bonds. The molecule has 42 heavy (non-hydrogen) atoms. The van der Waals surface area contributed by atoms with Crippen LogP contribution in [0.1, 0.15) is 53.6 Å². The van der Waals surface area contributed by atoms with Crippen LogP contribution in [0.5, 0.6) is 11.5 Å². The molecule has 10 nitrogen and oxygen atoms in total. The number of rotatable bonds is 10. The Morgan fingerprint density at radius 2 is 1.71 bits per heavy atom. The van der Waals surface area contributed by atoms with Crippen molar-refractivity contribution in [2.24, 2.45) is 0 Å². The van der Waals surface area contributed by atoms with E-state index in [1.165, 1.54) is 18.4 Å². The van der Waals surface area contributed by atoms with Crippen LogP contribution >= 0.6 is 0 Å². The fourth-order valence-electron chi connectivity index (χ4n) is 6.33. The largest absolute Gasteiger partial charge is 0.492 e. The van der Waals surface area contributed by atoms with Gasteiger partial charge in [-0.05, 0) is 67.3 Å². The van der Waals surface area contributed by atoms with Crippen molar-refractivity contribution >= 4 is 17.7 Å². The Morgan fingerprint density at radius 1 is 0.905 bits per heavy atom. The molecule has 3 saturated heterocycles. The summed E-state index contributed by atoms with van der Waals surface area (Å²) < 4.78 is 17.7. The number of carbonyl (C=O) groups is 3. The van der Waals surface area contributed by atoms with E-state index in [1.807, 2.05) is 12.1 Å². The summed E-state index contributed by atoms with van der Waals surface area (Å²) >= 11 is 0. The summed E-state index contributed by atoms with van der Waals surface area (Å²) in [7, 11) is 0. The lowest BCUT2D eigenvalue weighted by atomic mass is 10.0. The maximum atomic E-state index is 13.0. The lowest BCUT2D eigenvalue weighted by molar-refractivity contribution is -0.136. The fourth-order valence-corrected chi connectivity index (χ4v) is 6.33. The second kappa shape index (κ2) is 13.2. The van der Waals surface area contributed by atoms with E-state index in [9.17, 15) is 14.4 Å². The van der Waals surface area contributed by atoms with Gasteiger partial charge >= 0.3 is 0 Å². The van der Waals surface area contributed by atoms with Gasteiger partial charge in [0.15, 0.2) is 0 Å². The Kier molecular flexibility index (Phi) is 9.02. The average molecular weight is 577 g/mol. The summed E-state index contributed by atoms with van der Waals surface area (Å²) in [5, 5.41) is 2.35. The summed E-state index contributed by atoms with van der Waals surface area (Å²) in [5.74, 6) is 0.784. The number of carbonyl (C=O) groups excluding carboxylic acids is 3. The van der Waals surface area contributed by atoms with Crippen LogP contribution in [0, 0.1) is 0 Å². The molecule has 0 spiro atoms. The Labute approximate surface area is 246 Å². The molecule has 0 bridgehead atoms. The van der Waals surface area contributed by atoms with Crippen molar-refractivity contribution in [3.8, 4) is 11.5 Å². The minimum absolute atomic E-state index is 0.168. The molecule has 2 aromatic carbocycles. The Balaban J connectivity index is 1.00. The highest BCUT2D eigenvalue weighted by Crippen LogP contribution is 2.31. The second-order valence-corrected chi connectivity index (χ2v) is 11.6. The number of hydrogen-bond acceptors (Lipinski definition) is 8. The van der Waals surface area contributed by atoms with E-state index in [0.717, 1.165) is 69.4 Å². The van der Waals surface area contributed by atoms with Crippen molar-refractivity contribution in [1.29, 1.82) is 0 Å². The smallest absolute Gasteiger partial charge is 0.255 e. The van der Waals surface area contributed by atoms with Crippen LogP contribution in [0.15, 0.2) is 42.5 Å². The number of benzene rings is 2. The van der Waals surface area contributed by atoms with Crippen molar-refractivity contribution in [2.45, 2.75) is 57.3 Å². The lowest BCUT2D eigenvalue weighted by Gasteiger charge is -2.35. The van der Waals surface area contributed by atoms with E-state index in [4.69, 9.17) is 14.2 Å². The van der Waals surface area contributed by atoms with Gasteiger partial charge in [-0.2, -0.15) is 0 Å². The Hall–Kier alpha value is -3.47. The van der Waals surface area contributed by atoms with E-state index in [1.54, 1.807) is 11.0 Å². The zero-order valence-electron chi connectivity index (χ0n) is 24.1. The van der Waals surface area contributed by atoms with Crippen LogP contribution in [0.3, 0.4) is 0 Å². The van der Waals surface area contributed by atoms with Crippen molar-refractivity contribution in [2.75, 3.05) is 52.6 Å². The number of hydrogen-bond donors (Lipinski definition) is 1. The van der Waals surface area contributed by atoms with E-state index >= 15 is 0 Å². The van der Waals surface area contributed by atoms with Gasteiger partial charge in [0.05, 0.1) is 13.2 Å². The van der Waals surface area contributed by atoms with Gasteiger partial charge in [-0.3, -0.25) is 29.5 Å². The third-order valence-corrected chi connectivity index (χ3v) is 8.78. The molecule has 2 atom stereocenters. The highest BCUT2D eigenvalue weighted by atomic mass is 16.5. The SMILES string of the molecule is O=C1CCC(N2Cc3cc(OC[C@H]4CCCCN4Cc4ccc(OCCN5CCOCC5)cc4)ccc3C2=O)C(=O)N1. The van der Waals surface area contributed by atoms with Gasteiger partial charge in [-0.25, -0.2) is 0 Å². The maximum Gasteiger partial charge on any atom is 0.255 e. The Bertz CT molecular complexity index is 1280. The van der Waals surface area contributed by atoms with Crippen molar-refractivity contribution < 1.29 is 28.6 Å². The molecule has 4 heterocycles. The number of nitrogens with one attached hydrogen (secondary N) is 1. The zero-order chi connectivity index (χ0) is 28.9. The third kappa shape index (κ3) is 6.77. The minimum Gasteiger partial charge on any atom is -0.492 e. The predicted octanol–water partition coefficient (Wildman–Crippen LogP) is 2.59. The molecule has 1 unspecified atom stereocenters. The number of likely N-dealkylation sites (tertiary alicyclic amines) is 1. The van der Waals surface area contributed by atoms with Crippen LogP contribution in [0.4, 0.5) is 0 Å². The summed E-state index contributed by atoms with van der Waals surface area (Å²) in [6.07, 6.45) is 4.04. The van der Waals surface area contributed by atoms with Gasteiger partial charge in [-0.1, -0.05) is 18.6 Å². The molecule has 224 valence electrons. The van der Waals surface area contributed by atoms with E-state index in [2.05, 4.69) is 39.4 Å². The van der Waals surface area contributed by atoms with Crippen molar-refractivity contribution in [3.05, 3.63) is 59.2 Å². The van der Waals surface area contributed by atoms with Gasteiger partial charge < -0.3 is 19.1 Å². The summed E-state index contributed by atoms with van der Waals surface area (Å²) in [6.45, 7) is 7.96. The lowest BCUT2D eigenvalue weighted by Crippen LogP contribution is -2.52. The number of nitrogens with zero attached hydrogens (tertiary/aromatic N) is 3. The van der Waals surface area contributed by atoms with Crippen LogP contribution in [-0.4, -0.2) is 97.1 Å². The van der Waals surface area contributed by atoms with Gasteiger partial charge in [0.1, 0.15) is 30.8 Å². The van der Waals surface area contributed by atoms with Gasteiger partial charge in [0, 0.05) is 50.7 Å². The minimum atomic E-state index is -0.613. The average Bonchev–Trinajstić information content (AvgIpc) is 3.33. The van der Waals surface area contributed by atoms with Crippen LogP contribution in [-0.2, 0) is 27.4 Å². The number of amides is 3. The Morgan fingerprint density at radius 3 is 2.52 bits per heavy atom. The second-order valence-electron chi connectivity index (χ2n) is 11.6. The predicted molar refractivity (Wildman–Crippen MR) is 155 cm³/mol. The molecule has 0 radical (unpaired) electrons. The highest BCUT2D eigenvalue weighted by Gasteiger charge is 2.39. The number of piperidine rings is 2. The van der Waals surface area contributed by atoms with Crippen LogP contribution in [0.25, 0.3) is 0 Å². The quantitative estimate of drug-likeness (QED) is 0.431. The first-order valence-electron chi connectivity index (χ1n) is 15.2. The van der Waals surface area contributed by atoms with Crippen LogP contribution in [0.2, 0.25) is 0 Å². The monoisotopic (exact) mass is 576 g/mol. The normalized spacial score (nSPS) is 23.5. The van der Waals surface area contributed by atoms with Crippen molar-refractivity contribution in [3.63, 3.8) is 0 Å². The number of fused-ring (bicyclic) bond motifs is 1. The molecule has 2 aromatic rings. The van der Waals surface area contributed by atoms with E-state index in [-0.39, 0.29) is 18.2 Å². The molecule has 0 aromatic heterocycles. The van der Waals surface area contributed by atoms with Gasteiger partial charge in [-0.15, -0.1) is 0 Å². The number of ether oxygens (including phenoxy) is 3. The first-order valence-corrected chi connectivity index (χ1v) is 15.2. The molecule has 10 heteroatoms. The molecular weight excluding hydrogens is 536 g/mol. The summed E-state index contributed by atoms with van der Waals surface area (Å²) in [5.41, 5.74) is 2.71. The molecule has 1 N–H and O–H groups in total. The molecular formula is C32H40N4O6. The van der Waals surface area contributed by atoms with Gasteiger partial charge in [0.2, 0.25) is 11.8 Å². The van der Waals surface area contributed by atoms with E-state index in [0.29, 0.717) is 37.8 Å². The molecule has 4 aliphatic heterocycles. The fraction of sp³-hybridized carbons (Fsp3) is 0.531. The molecule has 6 rings (SSSR count). The first-order chi connectivity index (χ1) is 20.5. The first kappa shape index (κ1) is 28.6. The standard InChI is InChI=1S/C32H40N4O6/c37-30-11-10-29(31(38)33-30)36-21-24-19-27(8-9-28(24)32(36)39)42-22-25-3-1-2-12-35(25)20-23-4-6-26(7-5-23)41-18-15-34-13-16-40-17-14-34/h4-9,19,25,29H,1-3,10-18,20-22H2,(H,33,37,38)/t25-,29?/m1/s1. The summed E-state index contributed by atoms with van der Waals surface area (Å²) in [6, 6.07) is 13.7. The molecule has 3 fully saturated rings. The number of morpholine rings is 1. The topological polar surface area (TPSA) is 101 Å². The van der Waals surface area contributed by atoms with Gasteiger partial charge in [0.25, 0.3) is 5.91 Å².